The summed E-state index contributed by atoms with van der Waals surface area (Å²) in [7, 11) is -4.77. The largest absolute Gasteiger partial charge is 0.480 e. The summed E-state index contributed by atoms with van der Waals surface area (Å²) in [5, 5.41) is 40.2. The van der Waals surface area contributed by atoms with Gasteiger partial charge < -0.3 is 40.5 Å². The molecule has 1 unspecified atom stereocenters. The number of carbonyl (C=O) groups excluding carboxylic acids is 2. The van der Waals surface area contributed by atoms with Crippen molar-refractivity contribution < 1.29 is 62.8 Å². The van der Waals surface area contributed by atoms with Crippen LogP contribution in [-0.2, 0) is 37.5 Å². The van der Waals surface area contributed by atoms with Crippen molar-refractivity contribution in [3.8, 4) is 0 Å². The molecule has 0 aromatic heterocycles. The second kappa shape index (κ2) is 31.1. The number of hydrogen-bond donors (Lipinski definition) is 6. The summed E-state index contributed by atoms with van der Waals surface area (Å²) in [5.41, 5.74) is 5.32. The summed E-state index contributed by atoms with van der Waals surface area (Å²) in [4.78, 5) is 46.1. The average Bonchev–Trinajstić information content (AvgIpc) is 3.41. The van der Waals surface area contributed by atoms with Crippen molar-refractivity contribution in [3.05, 3.63) is 12.2 Å². The van der Waals surface area contributed by atoms with Gasteiger partial charge in [-0.1, -0.05) is 129 Å². The molecule has 14 nitrogen and oxygen atoms in total. The van der Waals surface area contributed by atoms with Crippen LogP contribution in [0, 0.1) is 11.8 Å². The number of hydrogen-bond acceptors (Lipinski definition) is 12. The lowest BCUT2D eigenvalue weighted by Gasteiger charge is -2.21. The van der Waals surface area contributed by atoms with Crippen LogP contribution in [0.3, 0.4) is 0 Å². The molecule has 0 heterocycles. The molecule has 7 N–H and O–H groups in total. The van der Waals surface area contributed by atoms with E-state index in [4.69, 9.17) is 24.8 Å². The molecule has 1 fully saturated rings. The Hall–Kier alpha value is -1.90. The second-order valence-electron chi connectivity index (χ2n) is 15.1. The maximum absolute atomic E-state index is 12.7. The number of aliphatic hydroxyl groups is 3. The fraction of sp³-hybridized carbons (Fsp3) is 0.875. The fourth-order valence-corrected chi connectivity index (χ4v) is 7.53. The Morgan fingerprint density at radius 1 is 0.745 bits per heavy atom. The second-order valence-corrected chi connectivity index (χ2v) is 16.6. The predicted octanol–water partition coefficient (Wildman–Crippen LogP) is 6.88. The molecular formula is C40H74NO13P. The molecule has 0 aromatic rings. The number of carboxylic acid groups (broad SMARTS) is 1. The number of phosphoric acid groups is 1. The molecular weight excluding hydrogens is 733 g/mol. The summed E-state index contributed by atoms with van der Waals surface area (Å²) < 4.78 is 32.6. The van der Waals surface area contributed by atoms with Crippen LogP contribution in [0.2, 0.25) is 0 Å². The van der Waals surface area contributed by atoms with Crippen LogP contribution in [0.4, 0.5) is 0 Å². The molecule has 1 aliphatic rings. The van der Waals surface area contributed by atoms with Crippen LogP contribution >= 0.6 is 7.82 Å². The molecule has 1 saturated carbocycles. The number of carbonyl (C=O) groups is 3. The lowest BCUT2D eigenvalue weighted by atomic mass is 9.88. The Bertz CT molecular complexity index is 1110. The topological polar surface area (TPSA) is 232 Å². The Morgan fingerprint density at radius 2 is 1.27 bits per heavy atom. The van der Waals surface area contributed by atoms with Crippen molar-refractivity contribution in [3.63, 3.8) is 0 Å². The molecule has 8 atom stereocenters. The third-order valence-electron chi connectivity index (χ3n) is 10.1. The van der Waals surface area contributed by atoms with Gasteiger partial charge in [0, 0.05) is 25.2 Å². The fourth-order valence-electron chi connectivity index (χ4n) is 6.75. The van der Waals surface area contributed by atoms with Gasteiger partial charge in [-0.05, 0) is 31.6 Å². The van der Waals surface area contributed by atoms with Crippen LogP contribution in [0.5, 0.6) is 0 Å². The van der Waals surface area contributed by atoms with Crippen LogP contribution in [-0.4, -0.2) is 93.5 Å². The lowest BCUT2D eigenvalue weighted by Crippen LogP contribution is -2.34. The number of aliphatic carboxylic acids is 1. The van der Waals surface area contributed by atoms with Crippen molar-refractivity contribution in [2.24, 2.45) is 17.6 Å². The number of esters is 2. The van der Waals surface area contributed by atoms with E-state index in [0.717, 1.165) is 51.4 Å². The quantitative estimate of drug-likeness (QED) is 0.0166. The van der Waals surface area contributed by atoms with Crippen molar-refractivity contribution >= 4 is 25.7 Å². The smallest absolute Gasteiger partial charge is 0.472 e. The van der Waals surface area contributed by atoms with Gasteiger partial charge in [-0.15, -0.1) is 0 Å². The van der Waals surface area contributed by atoms with E-state index in [9.17, 15) is 39.2 Å². The van der Waals surface area contributed by atoms with E-state index in [0.29, 0.717) is 38.5 Å². The number of unbranched alkanes of at least 4 members (excludes halogenated alkanes) is 15. The van der Waals surface area contributed by atoms with Crippen LogP contribution in [0.25, 0.3) is 0 Å². The zero-order valence-corrected chi connectivity index (χ0v) is 34.5. The molecule has 0 aliphatic heterocycles. The van der Waals surface area contributed by atoms with E-state index in [1.54, 1.807) is 6.08 Å². The molecule has 0 bridgehead atoms. The number of nitrogens with two attached hydrogens (primary N) is 1. The summed E-state index contributed by atoms with van der Waals surface area (Å²) in [6.45, 7) is 2.47. The van der Waals surface area contributed by atoms with Gasteiger partial charge in [0.2, 0.25) is 0 Å². The van der Waals surface area contributed by atoms with Crippen LogP contribution in [0.1, 0.15) is 162 Å². The summed E-state index contributed by atoms with van der Waals surface area (Å²) in [5.74, 6) is -2.89. The number of aliphatic hydroxyl groups excluding tert-OH is 3. The van der Waals surface area contributed by atoms with E-state index >= 15 is 0 Å². The van der Waals surface area contributed by atoms with Gasteiger partial charge in [-0.25, -0.2) is 4.57 Å². The Balaban J connectivity index is 2.51. The zero-order valence-electron chi connectivity index (χ0n) is 33.6. The zero-order chi connectivity index (χ0) is 40.9. The normalized spacial score (nSPS) is 21.3. The summed E-state index contributed by atoms with van der Waals surface area (Å²) in [6.07, 6.45) is 20.7. The number of rotatable bonds is 35. The van der Waals surface area contributed by atoms with Crippen molar-refractivity contribution in [2.45, 2.75) is 192 Å². The summed E-state index contributed by atoms with van der Waals surface area (Å²) in [6, 6.07) is -1.55. The van der Waals surface area contributed by atoms with E-state index in [1.165, 1.54) is 44.9 Å². The van der Waals surface area contributed by atoms with E-state index in [1.807, 2.05) is 6.08 Å². The molecule has 322 valence electrons. The third kappa shape index (κ3) is 25.9. The maximum Gasteiger partial charge on any atom is 0.472 e. The lowest BCUT2D eigenvalue weighted by molar-refractivity contribution is -0.161. The molecule has 0 spiro atoms. The minimum absolute atomic E-state index is 0.0377. The minimum atomic E-state index is -4.77. The van der Waals surface area contributed by atoms with Gasteiger partial charge >= 0.3 is 25.7 Å². The molecule has 15 heteroatoms. The Kier molecular flexibility index (Phi) is 28.9. The average molecular weight is 808 g/mol. The highest BCUT2D eigenvalue weighted by atomic mass is 31.2. The van der Waals surface area contributed by atoms with Gasteiger partial charge in [0.1, 0.15) is 12.6 Å². The Morgan fingerprint density at radius 3 is 1.87 bits per heavy atom. The van der Waals surface area contributed by atoms with Crippen molar-refractivity contribution in [2.75, 3.05) is 19.8 Å². The highest BCUT2D eigenvalue weighted by Crippen LogP contribution is 2.43. The van der Waals surface area contributed by atoms with Gasteiger partial charge in [0.25, 0.3) is 0 Å². The first kappa shape index (κ1) is 51.1. The van der Waals surface area contributed by atoms with Crippen LogP contribution < -0.4 is 5.73 Å². The molecule has 55 heavy (non-hydrogen) atoms. The molecule has 0 amide bonds. The van der Waals surface area contributed by atoms with Crippen molar-refractivity contribution in [1.82, 2.24) is 0 Å². The minimum Gasteiger partial charge on any atom is -0.480 e. The maximum atomic E-state index is 12.7. The standard InChI is InChI=1S/C40H74NO13P/c1-3-5-7-8-9-10-11-12-13-14-19-23-38(45)51-28-32(29-52-55(49,50)53-30-35(41)40(47)48)54-39(46)24-20-16-15-18-22-33-34(37(44)27-36(33)43)26-25-31(42)21-17-6-4-2/h25-26,31-37,42-44H,3-24,27-30,41H2,1-2H3,(H,47,48)(H,49,50)/b26-25+/t31-,32+,33+,34+,35-,36-,37+/m0/s1. The Labute approximate surface area is 329 Å². The molecule has 0 radical (unpaired) electrons. The number of carboxylic acids is 1. The first-order chi connectivity index (χ1) is 26.3. The van der Waals surface area contributed by atoms with Crippen LogP contribution in [0.15, 0.2) is 12.2 Å². The molecule has 1 rings (SSSR count). The van der Waals surface area contributed by atoms with Gasteiger partial charge in [-0.2, -0.15) is 0 Å². The van der Waals surface area contributed by atoms with Crippen molar-refractivity contribution in [1.29, 1.82) is 0 Å². The third-order valence-corrected chi connectivity index (χ3v) is 11.1. The van der Waals surface area contributed by atoms with E-state index in [2.05, 4.69) is 18.4 Å². The monoisotopic (exact) mass is 807 g/mol. The van der Waals surface area contributed by atoms with Gasteiger partial charge in [-0.3, -0.25) is 23.4 Å². The summed E-state index contributed by atoms with van der Waals surface area (Å²) >= 11 is 0. The first-order valence-electron chi connectivity index (χ1n) is 21.0. The first-order valence-corrected chi connectivity index (χ1v) is 22.5. The molecule has 1 aliphatic carbocycles. The van der Waals surface area contributed by atoms with Gasteiger partial charge in [0.15, 0.2) is 6.10 Å². The van der Waals surface area contributed by atoms with E-state index < -0.39 is 76.0 Å². The molecule has 0 saturated heterocycles. The SMILES string of the molecule is CCCCCCCCCCCCCC(=O)OC[C@H](COP(=O)(O)OC[C@H](N)C(=O)O)OC(=O)CCCCCC[C@@H]1[C@@H](/C=C/[C@@H](O)CCCCC)[C@H](O)C[C@@H]1O. The number of phosphoric ester groups is 1. The molecule has 0 aromatic carbocycles. The number of ether oxygens (including phenoxy) is 2. The van der Waals surface area contributed by atoms with Gasteiger partial charge in [0.05, 0.1) is 31.5 Å². The van der Waals surface area contributed by atoms with E-state index in [-0.39, 0.29) is 24.7 Å². The predicted molar refractivity (Wildman–Crippen MR) is 210 cm³/mol. The highest BCUT2D eigenvalue weighted by molar-refractivity contribution is 7.47. The highest BCUT2D eigenvalue weighted by Gasteiger charge is 2.39.